The fourth-order valence-corrected chi connectivity index (χ4v) is 4.26. The number of fused-ring (bicyclic) bond motifs is 1. The van der Waals surface area contributed by atoms with Gasteiger partial charge in [-0.25, -0.2) is 4.98 Å². The van der Waals surface area contributed by atoms with E-state index in [0.717, 1.165) is 22.4 Å². The Hall–Kier alpha value is -2.92. The summed E-state index contributed by atoms with van der Waals surface area (Å²) < 4.78 is 5.71. The Morgan fingerprint density at radius 2 is 1.83 bits per heavy atom. The Morgan fingerprint density at radius 3 is 2.47 bits per heavy atom. The maximum atomic E-state index is 13.2. The maximum absolute atomic E-state index is 13.2. The van der Waals surface area contributed by atoms with Crippen molar-refractivity contribution in [1.82, 2.24) is 15.0 Å². The topological polar surface area (TPSA) is 71.8 Å². The van der Waals surface area contributed by atoms with Crippen molar-refractivity contribution in [3.8, 4) is 22.7 Å². The number of nitrogens with one attached hydrogen (secondary N) is 1. The van der Waals surface area contributed by atoms with E-state index in [1.54, 1.807) is 25.3 Å². The summed E-state index contributed by atoms with van der Waals surface area (Å²) in [6, 6.07) is 7.42. The zero-order valence-electron chi connectivity index (χ0n) is 18.0. The van der Waals surface area contributed by atoms with Crippen molar-refractivity contribution in [2.75, 3.05) is 0 Å². The highest BCUT2D eigenvalue weighted by Gasteiger charge is 2.21. The van der Waals surface area contributed by atoms with Crippen LogP contribution in [0.4, 0.5) is 0 Å². The van der Waals surface area contributed by atoms with Gasteiger partial charge in [-0.1, -0.05) is 38.4 Å². The fraction of sp³-hybridized carbons (Fsp3) is 0.292. The summed E-state index contributed by atoms with van der Waals surface area (Å²) in [6.07, 6.45) is 1.66. The normalized spacial score (nSPS) is 12.0. The highest BCUT2D eigenvalue weighted by Crippen LogP contribution is 2.35. The molecule has 5 nitrogen and oxygen atoms in total. The molecular formula is C24H24ClN3O2. The van der Waals surface area contributed by atoms with E-state index in [0.29, 0.717) is 39.0 Å². The summed E-state index contributed by atoms with van der Waals surface area (Å²) in [5.41, 5.74) is 5.44. The van der Waals surface area contributed by atoms with Gasteiger partial charge in [-0.15, -0.1) is 0 Å². The Balaban J connectivity index is 1.93. The second-order valence-electron chi connectivity index (χ2n) is 8.67. The molecule has 154 valence electrons. The molecule has 4 rings (SSSR count). The molecule has 0 bridgehead atoms. The molecule has 1 aromatic carbocycles. The van der Waals surface area contributed by atoms with Gasteiger partial charge in [0.1, 0.15) is 5.69 Å². The standard InChI is InChI=1S/C24H24ClN3O2/c1-12-9-16(24(4,5)6)17(25)10-15(12)19-11-20(29)21-18(28-19)7-8-26-22(21)23-13(2)27-14(3)30-23/h7-11H,1-6H3,(H,28,29). The maximum Gasteiger partial charge on any atom is 0.192 e. The van der Waals surface area contributed by atoms with Crippen LogP contribution in [0, 0.1) is 20.8 Å². The van der Waals surface area contributed by atoms with Crippen molar-refractivity contribution in [2.24, 2.45) is 0 Å². The van der Waals surface area contributed by atoms with E-state index in [1.165, 1.54) is 0 Å². The lowest BCUT2D eigenvalue weighted by molar-refractivity contribution is 0.533. The molecule has 0 unspecified atom stereocenters. The first-order valence-electron chi connectivity index (χ1n) is 9.83. The number of hydrogen-bond donors (Lipinski definition) is 1. The van der Waals surface area contributed by atoms with Crippen molar-refractivity contribution < 1.29 is 4.42 Å². The molecule has 0 atom stereocenters. The number of rotatable bonds is 2. The third-order valence-corrected chi connectivity index (χ3v) is 5.59. The van der Waals surface area contributed by atoms with E-state index in [-0.39, 0.29) is 10.8 Å². The monoisotopic (exact) mass is 421 g/mol. The second-order valence-corrected chi connectivity index (χ2v) is 9.08. The Bertz CT molecular complexity index is 1340. The molecule has 6 heteroatoms. The van der Waals surface area contributed by atoms with Gasteiger partial charge in [0.05, 0.1) is 22.3 Å². The average molecular weight is 422 g/mol. The van der Waals surface area contributed by atoms with Crippen LogP contribution in [0.3, 0.4) is 0 Å². The number of nitrogens with zero attached hydrogens (tertiary/aromatic N) is 2. The van der Waals surface area contributed by atoms with Crippen LogP contribution in [0.15, 0.2) is 39.7 Å². The number of pyridine rings is 2. The zero-order chi connectivity index (χ0) is 21.8. The molecule has 3 heterocycles. The van der Waals surface area contributed by atoms with Crippen LogP contribution >= 0.6 is 11.6 Å². The third-order valence-electron chi connectivity index (χ3n) is 5.27. The molecule has 0 aliphatic carbocycles. The lowest BCUT2D eigenvalue weighted by Gasteiger charge is -2.22. The van der Waals surface area contributed by atoms with Gasteiger partial charge in [0, 0.05) is 29.8 Å². The lowest BCUT2D eigenvalue weighted by Crippen LogP contribution is -2.12. The molecule has 0 spiro atoms. The number of aromatic amines is 1. The van der Waals surface area contributed by atoms with Gasteiger partial charge in [0.25, 0.3) is 0 Å². The van der Waals surface area contributed by atoms with E-state index in [9.17, 15) is 4.79 Å². The second kappa shape index (κ2) is 7.10. The van der Waals surface area contributed by atoms with Crippen molar-refractivity contribution in [3.05, 3.63) is 68.4 Å². The quantitative estimate of drug-likeness (QED) is 0.423. The van der Waals surface area contributed by atoms with Crippen LogP contribution < -0.4 is 5.43 Å². The summed E-state index contributed by atoms with van der Waals surface area (Å²) in [5.74, 6) is 1.06. The van der Waals surface area contributed by atoms with Crippen LogP contribution in [0.2, 0.25) is 5.02 Å². The largest absolute Gasteiger partial charge is 0.439 e. The predicted octanol–water partition coefficient (Wildman–Crippen LogP) is 6.12. The molecule has 0 amide bonds. The summed E-state index contributed by atoms with van der Waals surface area (Å²) >= 11 is 6.60. The number of aryl methyl sites for hydroxylation is 3. The van der Waals surface area contributed by atoms with Crippen LogP contribution in [-0.4, -0.2) is 15.0 Å². The number of aromatic nitrogens is 3. The van der Waals surface area contributed by atoms with Crippen molar-refractivity contribution in [2.45, 2.75) is 47.0 Å². The summed E-state index contributed by atoms with van der Waals surface area (Å²) in [4.78, 5) is 25.3. The minimum atomic E-state index is -0.134. The van der Waals surface area contributed by atoms with E-state index < -0.39 is 0 Å². The van der Waals surface area contributed by atoms with Crippen LogP contribution in [0.5, 0.6) is 0 Å². The fourth-order valence-electron chi connectivity index (χ4n) is 3.81. The Kier molecular flexibility index (Phi) is 4.82. The van der Waals surface area contributed by atoms with Crippen molar-refractivity contribution in [1.29, 1.82) is 0 Å². The molecule has 0 aliphatic heterocycles. The van der Waals surface area contributed by atoms with E-state index in [2.05, 4.69) is 41.8 Å². The molecular weight excluding hydrogens is 398 g/mol. The van der Waals surface area contributed by atoms with E-state index in [1.807, 2.05) is 19.9 Å². The van der Waals surface area contributed by atoms with Gasteiger partial charge >= 0.3 is 0 Å². The SMILES string of the molecule is Cc1nc(C)c(-c2nccc3[nH]c(-c4cc(Cl)c(C(C)(C)C)cc4C)cc(=O)c23)o1. The molecule has 1 N–H and O–H groups in total. The molecule has 4 aromatic rings. The summed E-state index contributed by atoms with van der Waals surface area (Å²) in [6.45, 7) is 12.0. The number of hydrogen-bond acceptors (Lipinski definition) is 4. The van der Waals surface area contributed by atoms with E-state index >= 15 is 0 Å². The minimum Gasteiger partial charge on any atom is -0.439 e. The van der Waals surface area contributed by atoms with Gasteiger partial charge in [-0.2, -0.15) is 0 Å². The van der Waals surface area contributed by atoms with Gasteiger partial charge in [0.2, 0.25) is 0 Å². The van der Waals surface area contributed by atoms with Crippen molar-refractivity contribution >= 4 is 22.5 Å². The molecule has 0 aliphatic rings. The number of halogens is 1. The van der Waals surface area contributed by atoms with Crippen LogP contribution in [-0.2, 0) is 5.41 Å². The number of benzene rings is 1. The number of H-pyrrole nitrogens is 1. The first-order valence-corrected chi connectivity index (χ1v) is 10.2. The first-order chi connectivity index (χ1) is 14.1. The zero-order valence-corrected chi connectivity index (χ0v) is 18.7. The van der Waals surface area contributed by atoms with Gasteiger partial charge in [-0.3, -0.25) is 9.78 Å². The van der Waals surface area contributed by atoms with Gasteiger partial charge < -0.3 is 9.40 Å². The van der Waals surface area contributed by atoms with Crippen LogP contribution in [0.25, 0.3) is 33.6 Å². The molecule has 3 aromatic heterocycles. The van der Waals surface area contributed by atoms with Crippen molar-refractivity contribution in [3.63, 3.8) is 0 Å². The predicted molar refractivity (Wildman–Crippen MR) is 121 cm³/mol. The smallest absolute Gasteiger partial charge is 0.192 e. The lowest BCUT2D eigenvalue weighted by atomic mass is 9.85. The first kappa shape index (κ1) is 20.4. The summed E-state index contributed by atoms with van der Waals surface area (Å²) in [7, 11) is 0. The molecule has 0 radical (unpaired) electrons. The minimum absolute atomic E-state index is 0.0647. The highest BCUT2D eigenvalue weighted by molar-refractivity contribution is 6.31. The van der Waals surface area contributed by atoms with Gasteiger partial charge in [-0.05, 0) is 42.5 Å². The number of oxazole rings is 1. The molecule has 0 saturated carbocycles. The Morgan fingerprint density at radius 1 is 1.10 bits per heavy atom. The molecule has 30 heavy (non-hydrogen) atoms. The highest BCUT2D eigenvalue weighted by atomic mass is 35.5. The summed E-state index contributed by atoms with van der Waals surface area (Å²) in [5, 5.41) is 1.17. The Labute approximate surface area is 180 Å². The average Bonchev–Trinajstić information content (AvgIpc) is 2.99. The van der Waals surface area contributed by atoms with E-state index in [4.69, 9.17) is 16.0 Å². The third kappa shape index (κ3) is 3.43. The molecule has 0 fully saturated rings. The molecule has 0 saturated heterocycles. The van der Waals surface area contributed by atoms with Gasteiger partial charge in [0.15, 0.2) is 17.1 Å². The van der Waals surface area contributed by atoms with Crippen LogP contribution in [0.1, 0.15) is 43.5 Å².